The molecule has 0 saturated heterocycles. The minimum absolute atomic E-state index is 0.0518. The number of hydrogen-bond donors (Lipinski definition) is 1. The third-order valence-electron chi connectivity index (χ3n) is 5.84. The van der Waals surface area contributed by atoms with Gasteiger partial charge in [-0.3, -0.25) is 13.9 Å². The first-order chi connectivity index (χ1) is 16.8. The second-order valence-electron chi connectivity index (χ2n) is 9.69. The molecule has 36 heavy (non-hydrogen) atoms. The fourth-order valence-electron chi connectivity index (χ4n) is 3.93. The van der Waals surface area contributed by atoms with Crippen LogP contribution < -0.4 is 9.62 Å². The lowest BCUT2D eigenvalue weighted by atomic mass is 10.0. The van der Waals surface area contributed by atoms with Gasteiger partial charge in [-0.1, -0.05) is 76.6 Å². The van der Waals surface area contributed by atoms with E-state index in [4.69, 9.17) is 11.6 Å². The van der Waals surface area contributed by atoms with Crippen molar-refractivity contribution in [2.45, 2.75) is 59.5 Å². The average Bonchev–Trinajstić information content (AvgIpc) is 2.81. The second-order valence-corrected chi connectivity index (χ2v) is 12.0. The molecule has 0 aliphatic rings. The highest BCUT2D eigenvalue weighted by molar-refractivity contribution is 7.92. The summed E-state index contributed by atoms with van der Waals surface area (Å²) in [6, 6.07) is 13.5. The number of para-hydroxylation sites is 1. The second kappa shape index (κ2) is 13.1. The Morgan fingerprint density at radius 2 is 1.61 bits per heavy atom. The van der Waals surface area contributed by atoms with Crippen LogP contribution in [0.25, 0.3) is 0 Å². The van der Waals surface area contributed by atoms with Crippen LogP contribution in [0.4, 0.5) is 5.69 Å². The van der Waals surface area contributed by atoms with Crippen LogP contribution in [0.5, 0.6) is 0 Å². The van der Waals surface area contributed by atoms with E-state index in [0.717, 1.165) is 21.7 Å². The van der Waals surface area contributed by atoms with Crippen molar-refractivity contribution in [2.24, 2.45) is 5.92 Å². The number of rotatable bonds is 12. The van der Waals surface area contributed by atoms with E-state index in [1.54, 1.807) is 36.4 Å². The molecule has 0 saturated carbocycles. The van der Waals surface area contributed by atoms with Gasteiger partial charge in [-0.15, -0.1) is 0 Å². The van der Waals surface area contributed by atoms with Gasteiger partial charge in [0.15, 0.2) is 0 Å². The number of hydrogen-bond acceptors (Lipinski definition) is 4. The van der Waals surface area contributed by atoms with E-state index >= 15 is 0 Å². The number of benzene rings is 2. The molecule has 7 nitrogen and oxygen atoms in total. The molecule has 2 amide bonds. The van der Waals surface area contributed by atoms with Gasteiger partial charge < -0.3 is 10.2 Å². The molecule has 0 aliphatic carbocycles. The quantitative estimate of drug-likeness (QED) is 0.422. The normalized spacial score (nSPS) is 12.5. The smallest absolute Gasteiger partial charge is 0.244 e. The van der Waals surface area contributed by atoms with Crippen LogP contribution in [0, 0.1) is 5.92 Å². The maximum absolute atomic E-state index is 13.8. The van der Waals surface area contributed by atoms with E-state index in [1.807, 2.05) is 46.8 Å². The van der Waals surface area contributed by atoms with Gasteiger partial charge in [-0.2, -0.15) is 0 Å². The maximum Gasteiger partial charge on any atom is 0.244 e. The van der Waals surface area contributed by atoms with Gasteiger partial charge in [0, 0.05) is 18.1 Å². The molecule has 0 fully saturated rings. The number of carbonyl (C=O) groups excluding carboxylic acids is 2. The maximum atomic E-state index is 13.8. The molecule has 0 bridgehead atoms. The Morgan fingerprint density at radius 1 is 1.00 bits per heavy atom. The number of sulfonamides is 1. The summed E-state index contributed by atoms with van der Waals surface area (Å²) in [4.78, 5) is 28.4. The van der Waals surface area contributed by atoms with Crippen LogP contribution in [-0.4, -0.2) is 50.5 Å². The van der Waals surface area contributed by atoms with Crippen molar-refractivity contribution in [3.8, 4) is 0 Å². The third-order valence-corrected chi connectivity index (χ3v) is 7.22. The minimum Gasteiger partial charge on any atom is -0.354 e. The molecular formula is C27H38ClN3O4S. The van der Waals surface area contributed by atoms with Crippen molar-refractivity contribution in [3.63, 3.8) is 0 Å². The predicted molar refractivity (Wildman–Crippen MR) is 147 cm³/mol. The van der Waals surface area contributed by atoms with Crippen LogP contribution in [0.2, 0.25) is 5.02 Å². The highest BCUT2D eigenvalue weighted by atomic mass is 35.5. The zero-order valence-electron chi connectivity index (χ0n) is 22.0. The standard InChI is InChI=1S/C27H38ClN3O4S/c1-7-24(27(33)29-16-19(2)3)30(17-21-12-14-22(28)15-13-21)26(32)18-31(36(6,34)35)25-11-9-8-10-23(25)20(4)5/h8-15,19-20,24H,7,16-18H2,1-6H3,(H,29,33). The van der Waals surface area contributed by atoms with Crippen LogP contribution in [-0.2, 0) is 26.2 Å². The minimum atomic E-state index is -3.79. The van der Waals surface area contributed by atoms with Crippen LogP contribution in [0.3, 0.4) is 0 Å². The van der Waals surface area contributed by atoms with Crippen LogP contribution in [0.1, 0.15) is 58.1 Å². The lowest BCUT2D eigenvalue weighted by Crippen LogP contribution is -2.52. The molecule has 0 heterocycles. The Bertz CT molecular complexity index is 1130. The zero-order valence-corrected chi connectivity index (χ0v) is 23.6. The summed E-state index contributed by atoms with van der Waals surface area (Å²) in [6.07, 6.45) is 1.47. The van der Waals surface area contributed by atoms with E-state index < -0.39 is 28.5 Å². The summed E-state index contributed by atoms with van der Waals surface area (Å²) in [5.41, 5.74) is 2.07. The first kappa shape index (κ1) is 29.6. The predicted octanol–water partition coefficient (Wildman–Crippen LogP) is 4.81. The fourth-order valence-corrected chi connectivity index (χ4v) is 4.92. The highest BCUT2D eigenvalue weighted by Crippen LogP contribution is 2.29. The lowest BCUT2D eigenvalue weighted by molar-refractivity contribution is -0.140. The molecule has 2 aromatic carbocycles. The SMILES string of the molecule is CCC(C(=O)NCC(C)C)N(Cc1ccc(Cl)cc1)C(=O)CN(c1ccccc1C(C)C)S(C)(=O)=O. The summed E-state index contributed by atoms with van der Waals surface area (Å²) in [5.74, 6) is -0.418. The van der Waals surface area contributed by atoms with Gasteiger partial charge in [0.05, 0.1) is 11.9 Å². The van der Waals surface area contributed by atoms with E-state index in [-0.39, 0.29) is 24.3 Å². The van der Waals surface area contributed by atoms with Crippen molar-refractivity contribution in [2.75, 3.05) is 23.7 Å². The molecule has 2 rings (SSSR count). The first-order valence-corrected chi connectivity index (χ1v) is 14.5. The summed E-state index contributed by atoms with van der Waals surface area (Å²) in [5, 5.41) is 3.48. The number of nitrogens with one attached hydrogen (secondary N) is 1. The fraction of sp³-hybridized carbons (Fsp3) is 0.481. The van der Waals surface area contributed by atoms with Crippen molar-refractivity contribution >= 4 is 39.1 Å². The molecule has 0 radical (unpaired) electrons. The number of nitrogens with zero attached hydrogens (tertiary/aromatic N) is 2. The highest BCUT2D eigenvalue weighted by Gasteiger charge is 2.32. The van der Waals surface area contributed by atoms with E-state index in [0.29, 0.717) is 23.7 Å². The van der Waals surface area contributed by atoms with E-state index in [9.17, 15) is 18.0 Å². The topological polar surface area (TPSA) is 86.8 Å². The van der Waals surface area contributed by atoms with Crippen molar-refractivity contribution < 1.29 is 18.0 Å². The molecule has 0 spiro atoms. The van der Waals surface area contributed by atoms with Gasteiger partial charge in [-0.25, -0.2) is 8.42 Å². The molecule has 198 valence electrons. The summed E-state index contributed by atoms with van der Waals surface area (Å²) in [7, 11) is -3.79. The number of carbonyl (C=O) groups is 2. The number of halogens is 1. The van der Waals surface area contributed by atoms with Crippen molar-refractivity contribution in [1.29, 1.82) is 0 Å². The zero-order chi connectivity index (χ0) is 27.0. The molecule has 1 N–H and O–H groups in total. The molecule has 0 aromatic heterocycles. The van der Waals surface area contributed by atoms with Gasteiger partial charge in [0.1, 0.15) is 12.6 Å². The van der Waals surface area contributed by atoms with Crippen LogP contribution in [0.15, 0.2) is 48.5 Å². The molecule has 2 aromatic rings. The van der Waals surface area contributed by atoms with Gasteiger partial charge in [0.25, 0.3) is 0 Å². The van der Waals surface area contributed by atoms with E-state index in [1.165, 1.54) is 4.90 Å². The lowest BCUT2D eigenvalue weighted by Gasteiger charge is -2.33. The van der Waals surface area contributed by atoms with Crippen molar-refractivity contribution in [3.05, 3.63) is 64.7 Å². The summed E-state index contributed by atoms with van der Waals surface area (Å²) >= 11 is 6.03. The van der Waals surface area contributed by atoms with E-state index in [2.05, 4.69) is 5.32 Å². The Morgan fingerprint density at radius 3 is 2.14 bits per heavy atom. The Balaban J connectivity index is 2.47. The summed E-state index contributed by atoms with van der Waals surface area (Å²) < 4.78 is 26.9. The van der Waals surface area contributed by atoms with Gasteiger partial charge in [-0.05, 0) is 47.6 Å². The molecule has 9 heteroatoms. The molecule has 1 unspecified atom stereocenters. The average molecular weight is 536 g/mol. The molecule has 0 aliphatic heterocycles. The number of anilines is 1. The largest absolute Gasteiger partial charge is 0.354 e. The Kier molecular flexibility index (Phi) is 10.8. The third kappa shape index (κ3) is 8.23. The number of amides is 2. The Labute approximate surface area is 220 Å². The van der Waals surface area contributed by atoms with Gasteiger partial charge >= 0.3 is 0 Å². The molecular weight excluding hydrogens is 498 g/mol. The summed E-state index contributed by atoms with van der Waals surface area (Å²) in [6.45, 7) is 9.99. The van der Waals surface area contributed by atoms with Gasteiger partial charge in [0.2, 0.25) is 21.8 Å². The Hall–Kier alpha value is -2.58. The van der Waals surface area contributed by atoms with Crippen LogP contribution >= 0.6 is 11.6 Å². The first-order valence-electron chi connectivity index (χ1n) is 12.2. The molecule has 1 atom stereocenters. The van der Waals surface area contributed by atoms with Crippen molar-refractivity contribution in [1.82, 2.24) is 10.2 Å². The monoisotopic (exact) mass is 535 g/mol.